The van der Waals surface area contributed by atoms with Crippen molar-refractivity contribution < 1.29 is 4.79 Å². The molecule has 2 aromatic rings. The Kier molecular flexibility index (Phi) is 5.05. The number of carbonyl (C=O) groups excluding carboxylic acids is 1. The van der Waals surface area contributed by atoms with Gasteiger partial charge >= 0.3 is 0 Å². The van der Waals surface area contributed by atoms with Crippen molar-refractivity contribution in [2.75, 3.05) is 19.6 Å². The first-order chi connectivity index (χ1) is 9.22. The van der Waals surface area contributed by atoms with Crippen molar-refractivity contribution in [3.63, 3.8) is 0 Å². The van der Waals surface area contributed by atoms with E-state index in [2.05, 4.69) is 29.8 Å². The fourth-order valence-corrected chi connectivity index (χ4v) is 3.07. The van der Waals surface area contributed by atoms with Crippen LogP contribution in [0.4, 0.5) is 0 Å². The SMILES string of the molecule is CCN(CC)CCC(=O)Cc1nc2ccccc2s1. The van der Waals surface area contributed by atoms with Crippen LogP contribution in [0.3, 0.4) is 0 Å². The molecule has 0 aliphatic carbocycles. The Balaban J connectivity index is 1.91. The van der Waals surface area contributed by atoms with Crippen molar-refractivity contribution >= 4 is 27.3 Å². The molecular formula is C15H20N2OS. The first-order valence-electron chi connectivity index (χ1n) is 6.81. The van der Waals surface area contributed by atoms with Gasteiger partial charge in [-0.25, -0.2) is 4.98 Å². The molecule has 4 heteroatoms. The van der Waals surface area contributed by atoms with E-state index in [1.807, 2.05) is 18.2 Å². The zero-order chi connectivity index (χ0) is 13.7. The number of ketones is 1. The molecule has 0 radical (unpaired) electrons. The number of carbonyl (C=O) groups is 1. The van der Waals surface area contributed by atoms with Crippen LogP contribution in [-0.2, 0) is 11.2 Å². The van der Waals surface area contributed by atoms with Gasteiger partial charge < -0.3 is 4.90 Å². The summed E-state index contributed by atoms with van der Waals surface area (Å²) in [4.78, 5) is 18.7. The van der Waals surface area contributed by atoms with Gasteiger partial charge in [0.05, 0.1) is 16.6 Å². The normalized spacial score (nSPS) is 11.3. The monoisotopic (exact) mass is 276 g/mol. The van der Waals surface area contributed by atoms with E-state index < -0.39 is 0 Å². The van der Waals surface area contributed by atoms with Crippen LogP contribution >= 0.6 is 11.3 Å². The van der Waals surface area contributed by atoms with Gasteiger partial charge in [0.2, 0.25) is 0 Å². The minimum atomic E-state index is 0.283. The fourth-order valence-electron chi connectivity index (χ4n) is 2.08. The summed E-state index contributed by atoms with van der Waals surface area (Å²) in [5.74, 6) is 0.283. The number of rotatable bonds is 7. The zero-order valence-corrected chi connectivity index (χ0v) is 12.4. The molecule has 3 nitrogen and oxygen atoms in total. The Morgan fingerprint density at radius 3 is 2.68 bits per heavy atom. The van der Waals surface area contributed by atoms with Crippen LogP contribution < -0.4 is 0 Å². The molecule has 2 rings (SSSR count). The first kappa shape index (κ1) is 14.2. The van der Waals surface area contributed by atoms with Crippen molar-refractivity contribution in [3.8, 4) is 0 Å². The van der Waals surface area contributed by atoms with E-state index in [4.69, 9.17) is 0 Å². The predicted octanol–water partition coefficient (Wildman–Crippen LogP) is 3.14. The van der Waals surface area contributed by atoms with Crippen LogP contribution in [-0.4, -0.2) is 35.3 Å². The Bertz CT molecular complexity index is 513. The lowest BCUT2D eigenvalue weighted by molar-refractivity contribution is -0.118. The molecule has 0 atom stereocenters. The molecule has 1 aromatic heterocycles. The number of benzene rings is 1. The third-order valence-corrected chi connectivity index (χ3v) is 4.32. The number of fused-ring (bicyclic) bond motifs is 1. The fraction of sp³-hybridized carbons (Fsp3) is 0.467. The summed E-state index contributed by atoms with van der Waals surface area (Å²) < 4.78 is 1.16. The predicted molar refractivity (Wildman–Crippen MR) is 80.7 cm³/mol. The maximum absolute atomic E-state index is 12.0. The number of para-hydroxylation sites is 1. The second-order valence-corrected chi connectivity index (χ2v) is 5.68. The van der Waals surface area contributed by atoms with Crippen LogP contribution in [0.2, 0.25) is 0 Å². The summed E-state index contributed by atoms with van der Waals surface area (Å²) in [5, 5.41) is 0.936. The Hall–Kier alpha value is -1.26. The second-order valence-electron chi connectivity index (χ2n) is 4.57. The van der Waals surface area contributed by atoms with Gasteiger partial charge in [0.25, 0.3) is 0 Å². The topological polar surface area (TPSA) is 33.2 Å². The minimum absolute atomic E-state index is 0.283. The van der Waals surface area contributed by atoms with Gasteiger partial charge in [-0.1, -0.05) is 26.0 Å². The van der Waals surface area contributed by atoms with Gasteiger partial charge in [0, 0.05) is 13.0 Å². The van der Waals surface area contributed by atoms with Crippen molar-refractivity contribution in [2.24, 2.45) is 0 Å². The maximum Gasteiger partial charge on any atom is 0.140 e. The smallest absolute Gasteiger partial charge is 0.140 e. The van der Waals surface area contributed by atoms with E-state index in [0.29, 0.717) is 12.8 Å². The molecule has 0 N–H and O–H groups in total. The third-order valence-electron chi connectivity index (χ3n) is 3.29. The Labute approximate surface area is 118 Å². The van der Waals surface area contributed by atoms with Gasteiger partial charge in [-0.3, -0.25) is 4.79 Å². The Morgan fingerprint density at radius 2 is 2.00 bits per heavy atom. The van der Waals surface area contributed by atoms with E-state index >= 15 is 0 Å². The van der Waals surface area contributed by atoms with Gasteiger partial charge in [-0.05, 0) is 25.2 Å². The molecule has 19 heavy (non-hydrogen) atoms. The highest BCUT2D eigenvalue weighted by Crippen LogP contribution is 2.22. The van der Waals surface area contributed by atoms with E-state index in [1.165, 1.54) is 0 Å². The molecule has 0 saturated carbocycles. The standard InChI is InChI=1S/C15H20N2OS/c1-3-17(4-2)10-9-12(18)11-15-16-13-7-5-6-8-14(13)19-15/h5-8H,3-4,9-11H2,1-2H3. The number of nitrogens with zero attached hydrogens (tertiary/aromatic N) is 2. The van der Waals surface area contributed by atoms with Gasteiger partial charge in [0.1, 0.15) is 10.8 Å². The second kappa shape index (κ2) is 6.78. The van der Waals surface area contributed by atoms with Crippen LogP contribution in [0.1, 0.15) is 25.3 Å². The first-order valence-corrected chi connectivity index (χ1v) is 7.63. The van der Waals surface area contributed by atoms with Crippen LogP contribution in [0.15, 0.2) is 24.3 Å². The number of thiazole rings is 1. The van der Waals surface area contributed by atoms with Crippen molar-refractivity contribution in [1.82, 2.24) is 9.88 Å². The number of Topliss-reactive ketones (excluding diaryl/α,β-unsaturated/α-hetero) is 1. The van der Waals surface area contributed by atoms with Gasteiger partial charge in [0.15, 0.2) is 0 Å². The molecule has 0 saturated heterocycles. The molecule has 1 aromatic carbocycles. The van der Waals surface area contributed by atoms with Crippen LogP contribution in [0.25, 0.3) is 10.2 Å². The van der Waals surface area contributed by atoms with Crippen molar-refractivity contribution in [2.45, 2.75) is 26.7 Å². The average Bonchev–Trinajstić information content (AvgIpc) is 2.81. The largest absolute Gasteiger partial charge is 0.303 e. The summed E-state index contributed by atoms with van der Waals surface area (Å²) in [6.45, 7) is 7.12. The summed E-state index contributed by atoms with van der Waals surface area (Å²) in [7, 11) is 0. The lowest BCUT2D eigenvalue weighted by atomic mass is 10.2. The molecule has 102 valence electrons. The van der Waals surface area contributed by atoms with Gasteiger partial charge in [-0.15, -0.1) is 11.3 Å². The zero-order valence-electron chi connectivity index (χ0n) is 11.6. The summed E-state index contributed by atoms with van der Waals surface area (Å²) in [6.07, 6.45) is 1.10. The molecule has 0 amide bonds. The molecule has 0 aliphatic heterocycles. The quantitative estimate of drug-likeness (QED) is 0.779. The highest BCUT2D eigenvalue weighted by Gasteiger charge is 2.10. The number of aromatic nitrogens is 1. The molecule has 0 bridgehead atoms. The Morgan fingerprint density at radius 1 is 1.26 bits per heavy atom. The molecular weight excluding hydrogens is 256 g/mol. The third kappa shape index (κ3) is 3.85. The summed E-state index contributed by atoms with van der Waals surface area (Å²) >= 11 is 1.63. The molecule has 0 aliphatic rings. The highest BCUT2D eigenvalue weighted by molar-refractivity contribution is 7.18. The van der Waals surface area contributed by atoms with E-state index in [9.17, 15) is 4.79 Å². The average molecular weight is 276 g/mol. The maximum atomic E-state index is 12.0. The summed E-state index contributed by atoms with van der Waals surface area (Å²) in [5.41, 5.74) is 0.999. The molecule has 0 fully saturated rings. The molecule has 0 unspecified atom stereocenters. The van der Waals surface area contributed by atoms with Crippen molar-refractivity contribution in [1.29, 1.82) is 0 Å². The van der Waals surface area contributed by atoms with Gasteiger partial charge in [-0.2, -0.15) is 0 Å². The van der Waals surface area contributed by atoms with Crippen LogP contribution in [0.5, 0.6) is 0 Å². The molecule has 1 heterocycles. The highest BCUT2D eigenvalue weighted by atomic mass is 32.1. The van der Waals surface area contributed by atoms with E-state index in [0.717, 1.165) is 34.9 Å². The minimum Gasteiger partial charge on any atom is -0.303 e. The van der Waals surface area contributed by atoms with Crippen LogP contribution in [0, 0.1) is 0 Å². The summed E-state index contributed by atoms with van der Waals surface area (Å²) in [6, 6.07) is 8.03. The van der Waals surface area contributed by atoms with E-state index in [-0.39, 0.29) is 5.78 Å². The van der Waals surface area contributed by atoms with Crippen molar-refractivity contribution in [3.05, 3.63) is 29.3 Å². The van der Waals surface area contributed by atoms with E-state index in [1.54, 1.807) is 11.3 Å². The molecule has 0 spiro atoms. The number of hydrogen-bond acceptors (Lipinski definition) is 4. The lowest BCUT2D eigenvalue weighted by Crippen LogP contribution is -2.26. The number of hydrogen-bond donors (Lipinski definition) is 0. The lowest BCUT2D eigenvalue weighted by Gasteiger charge is -2.16.